The number of aromatic nitrogens is 2. The van der Waals surface area contributed by atoms with Gasteiger partial charge < -0.3 is 24.4 Å². The van der Waals surface area contributed by atoms with E-state index in [-0.39, 0.29) is 12.5 Å². The summed E-state index contributed by atoms with van der Waals surface area (Å²) in [6.07, 6.45) is 8.68. The van der Waals surface area contributed by atoms with E-state index in [1.807, 2.05) is 92.8 Å². The number of nitrogens with zero attached hydrogens (tertiary/aromatic N) is 4. The fraction of sp³-hybridized carbons (Fsp3) is 0.268. The summed E-state index contributed by atoms with van der Waals surface area (Å²) in [7, 11) is 3.57. The Morgan fingerprint density at radius 2 is 1.62 bits per heavy atom. The third kappa shape index (κ3) is 13.4. The third-order valence-electron chi connectivity index (χ3n) is 7.89. The maximum absolute atomic E-state index is 12.0. The van der Waals surface area contributed by atoms with Crippen molar-refractivity contribution in [2.75, 3.05) is 27.3 Å². The lowest BCUT2D eigenvalue weighted by atomic mass is 10.1. The van der Waals surface area contributed by atoms with Crippen molar-refractivity contribution in [1.29, 1.82) is 0 Å². The van der Waals surface area contributed by atoms with Gasteiger partial charge in [-0.3, -0.25) is 4.79 Å². The quantitative estimate of drug-likeness (QED) is 0.0644. The number of nitrogens with one attached hydrogen (secondary N) is 1. The number of terminal acetylenes is 1. The summed E-state index contributed by atoms with van der Waals surface area (Å²) in [6, 6.07) is 24.7. The monoisotopic (exact) mass is 771 g/mol. The van der Waals surface area contributed by atoms with Crippen molar-refractivity contribution < 1.29 is 19.0 Å². The summed E-state index contributed by atoms with van der Waals surface area (Å²) < 4.78 is 21.1. The smallest absolute Gasteiger partial charge is 0.298 e. The van der Waals surface area contributed by atoms with Crippen LogP contribution in [0.1, 0.15) is 47.0 Å². The van der Waals surface area contributed by atoms with Gasteiger partial charge in [0.15, 0.2) is 17.3 Å². The molecule has 0 atom stereocenters. The molecule has 1 aromatic heterocycles. The normalized spacial score (nSPS) is 10.6. The summed E-state index contributed by atoms with van der Waals surface area (Å²) in [6.45, 7) is 7.70. The number of aliphatic imine (C=N–C) groups is 1. The molecule has 1 amide bonds. The first-order chi connectivity index (χ1) is 25.6. The lowest BCUT2D eigenvalue weighted by molar-refractivity contribution is -0.121. The van der Waals surface area contributed by atoms with Crippen LogP contribution in [0.25, 0.3) is 0 Å². The molecule has 5 rings (SSSR count). The van der Waals surface area contributed by atoms with Crippen molar-refractivity contribution in [3.05, 3.63) is 123 Å². The highest BCUT2D eigenvalue weighted by molar-refractivity contribution is 7.07. The molecule has 0 radical (unpaired) electrons. The highest BCUT2D eigenvalue weighted by Gasteiger charge is 2.12. The van der Waals surface area contributed by atoms with E-state index in [1.54, 1.807) is 25.3 Å². The Balaban J connectivity index is 0.000000238. The second-order valence-corrected chi connectivity index (χ2v) is 13.6. The molecule has 276 valence electrons. The number of ether oxygens (including phenoxy) is 3. The molecular formula is C41H43Cl2N5O4S. The number of methoxy groups -OCH3 is 1. The first-order valence-electron chi connectivity index (χ1n) is 16.9. The van der Waals surface area contributed by atoms with Crippen LogP contribution in [-0.4, -0.2) is 53.8 Å². The minimum atomic E-state index is -0.0124. The Morgan fingerprint density at radius 3 is 2.28 bits per heavy atom. The highest BCUT2D eigenvalue weighted by Crippen LogP contribution is 2.32. The van der Waals surface area contributed by atoms with Gasteiger partial charge in [0, 0.05) is 54.6 Å². The Hall–Kier alpha value is -5.08. The Labute approximate surface area is 326 Å². The summed E-state index contributed by atoms with van der Waals surface area (Å²) in [5.74, 6) is 5.11. The van der Waals surface area contributed by atoms with E-state index in [2.05, 4.69) is 32.5 Å². The van der Waals surface area contributed by atoms with E-state index in [9.17, 15) is 4.79 Å². The van der Waals surface area contributed by atoms with Gasteiger partial charge in [-0.2, -0.15) is 9.36 Å². The van der Waals surface area contributed by atoms with Gasteiger partial charge in [0.25, 0.3) is 5.19 Å². The molecule has 12 heteroatoms. The lowest BCUT2D eigenvalue weighted by Gasteiger charge is -2.11. The predicted octanol–water partition coefficient (Wildman–Crippen LogP) is 9.41. The van der Waals surface area contributed by atoms with Gasteiger partial charge in [0.1, 0.15) is 12.4 Å². The van der Waals surface area contributed by atoms with Crippen LogP contribution in [0, 0.1) is 26.2 Å². The van der Waals surface area contributed by atoms with E-state index >= 15 is 0 Å². The molecule has 0 fully saturated rings. The van der Waals surface area contributed by atoms with Gasteiger partial charge in [-0.15, -0.1) is 6.42 Å². The van der Waals surface area contributed by atoms with Crippen molar-refractivity contribution in [3.8, 4) is 34.8 Å². The number of carbonyl (C=O) groups is 1. The van der Waals surface area contributed by atoms with Crippen molar-refractivity contribution in [1.82, 2.24) is 19.6 Å². The van der Waals surface area contributed by atoms with Crippen molar-refractivity contribution >= 4 is 52.7 Å². The Bertz CT molecular complexity index is 2010. The number of hydrogen-bond acceptors (Lipinski definition) is 8. The van der Waals surface area contributed by atoms with Crippen LogP contribution < -0.4 is 19.5 Å². The number of amides is 1. The first-order valence-corrected chi connectivity index (χ1v) is 18.4. The zero-order chi connectivity index (χ0) is 38.2. The second kappa shape index (κ2) is 20.8. The van der Waals surface area contributed by atoms with Gasteiger partial charge in [-0.1, -0.05) is 59.5 Å². The number of benzene rings is 4. The molecule has 0 saturated heterocycles. The molecule has 5 aromatic rings. The number of halogens is 2. The van der Waals surface area contributed by atoms with Gasteiger partial charge >= 0.3 is 0 Å². The largest absolute Gasteiger partial charge is 0.493 e. The zero-order valence-electron chi connectivity index (χ0n) is 30.5. The fourth-order valence-electron chi connectivity index (χ4n) is 4.75. The van der Waals surface area contributed by atoms with Crippen molar-refractivity contribution in [2.45, 2.75) is 46.6 Å². The van der Waals surface area contributed by atoms with E-state index in [1.165, 1.54) is 11.5 Å². The van der Waals surface area contributed by atoms with Crippen LogP contribution in [-0.2, 0) is 24.2 Å². The van der Waals surface area contributed by atoms with E-state index in [0.29, 0.717) is 47.5 Å². The number of carbonyl (C=O) groups excluding carboxylic acids is 1. The molecule has 53 heavy (non-hydrogen) atoms. The van der Waals surface area contributed by atoms with Gasteiger partial charge in [0.2, 0.25) is 5.91 Å². The Kier molecular flexibility index (Phi) is 16.0. The van der Waals surface area contributed by atoms with Crippen LogP contribution in [0.15, 0.2) is 83.9 Å². The topological polar surface area (TPSA) is 98.2 Å². The van der Waals surface area contributed by atoms with Crippen molar-refractivity contribution in [2.24, 2.45) is 4.99 Å². The van der Waals surface area contributed by atoms with Gasteiger partial charge in [-0.05, 0) is 104 Å². The molecule has 1 heterocycles. The van der Waals surface area contributed by atoms with E-state index in [4.69, 9.17) is 43.8 Å². The third-order valence-corrected chi connectivity index (χ3v) is 9.03. The number of aryl methyl sites for hydroxylation is 3. The maximum atomic E-state index is 12.0. The molecule has 0 aliphatic heterocycles. The SMILES string of the molecule is C#CCOc1ccc(CCC(=O)NCc2ccc(Cl)cc2)cc1OC.CCN(C)C=Nc1cc(C)c(Oc2nc(Cc3ccc(Cl)cc3)ns2)cc1C. The summed E-state index contributed by atoms with van der Waals surface area (Å²) in [5, 5.41) is 4.83. The lowest BCUT2D eigenvalue weighted by Crippen LogP contribution is -2.22. The molecule has 0 saturated carbocycles. The average molecular weight is 773 g/mol. The molecule has 1 N–H and O–H groups in total. The van der Waals surface area contributed by atoms with Crippen molar-refractivity contribution in [3.63, 3.8) is 0 Å². The standard InChI is InChI=1S/C21H23ClN4OS.C20H20ClNO3/c1-5-26(4)13-23-18-10-15(3)19(11-14(18)2)27-21-24-20(25-28-21)12-16-6-8-17(22)9-7-16;1-3-12-25-18-10-6-15(13-19(18)24-2)7-11-20(23)22-14-16-4-8-17(21)9-5-16/h6-11,13H,5,12H2,1-4H3;1,4-6,8-10,13H,7,11-12,14H2,2H3,(H,22,23). The summed E-state index contributed by atoms with van der Waals surface area (Å²) >= 11 is 13.0. The molecule has 0 spiro atoms. The molecule has 4 aromatic carbocycles. The number of rotatable bonds is 15. The average Bonchev–Trinajstić information content (AvgIpc) is 3.61. The number of hydrogen-bond donors (Lipinski definition) is 1. The maximum Gasteiger partial charge on any atom is 0.298 e. The van der Waals surface area contributed by atoms with E-state index in [0.717, 1.165) is 56.6 Å². The van der Waals surface area contributed by atoms with Crippen LogP contribution >= 0.6 is 34.7 Å². The molecule has 0 unspecified atom stereocenters. The fourth-order valence-corrected chi connectivity index (χ4v) is 5.57. The molecule has 0 aliphatic rings. The molecular weight excluding hydrogens is 729 g/mol. The first kappa shape index (κ1) is 40.7. The summed E-state index contributed by atoms with van der Waals surface area (Å²) in [4.78, 5) is 23.1. The minimum Gasteiger partial charge on any atom is -0.493 e. The van der Waals surface area contributed by atoms with Crippen LogP contribution in [0.3, 0.4) is 0 Å². The zero-order valence-corrected chi connectivity index (χ0v) is 32.8. The highest BCUT2D eigenvalue weighted by atomic mass is 35.5. The summed E-state index contributed by atoms with van der Waals surface area (Å²) in [5.41, 5.74) is 6.10. The Morgan fingerprint density at radius 1 is 0.943 bits per heavy atom. The van der Waals surface area contributed by atoms with Gasteiger partial charge in [-0.25, -0.2) is 4.99 Å². The molecule has 9 nitrogen and oxygen atoms in total. The predicted molar refractivity (Wildman–Crippen MR) is 216 cm³/mol. The molecule has 0 bridgehead atoms. The van der Waals surface area contributed by atoms with Crippen LogP contribution in [0.5, 0.6) is 22.4 Å². The molecule has 0 aliphatic carbocycles. The van der Waals surface area contributed by atoms with Gasteiger partial charge in [0.05, 0.1) is 19.1 Å². The van der Waals surface area contributed by atoms with Crippen LogP contribution in [0.4, 0.5) is 5.69 Å². The van der Waals surface area contributed by atoms with E-state index < -0.39 is 0 Å². The van der Waals surface area contributed by atoms with Crippen LogP contribution in [0.2, 0.25) is 10.0 Å². The minimum absolute atomic E-state index is 0.0124. The second-order valence-electron chi connectivity index (χ2n) is 12.0.